The average Bonchev–Trinajstić information content (AvgIpc) is 2.49. The van der Waals surface area contributed by atoms with Gasteiger partial charge in [0.05, 0.1) is 24.0 Å². The van der Waals surface area contributed by atoms with Crippen LogP contribution in [-0.4, -0.2) is 19.1 Å². The number of benzene rings is 2. The Morgan fingerprint density at radius 3 is 2.45 bits per heavy atom. The van der Waals surface area contributed by atoms with Gasteiger partial charge in [-0.2, -0.15) is 0 Å². The molecule has 2 aromatic carbocycles. The number of halogens is 2. The van der Waals surface area contributed by atoms with Crippen LogP contribution in [0.15, 0.2) is 42.5 Å². The molecule has 0 spiro atoms. The highest BCUT2D eigenvalue weighted by Gasteiger charge is 2.15. The monoisotopic (exact) mass is 430 g/mol. The van der Waals surface area contributed by atoms with Gasteiger partial charge >= 0.3 is 12.0 Å². The van der Waals surface area contributed by atoms with Gasteiger partial charge in [-0.15, -0.1) is 0 Å². The molecular formula is C15H12ClIN2O3. The summed E-state index contributed by atoms with van der Waals surface area (Å²) in [7, 11) is 1.27. The molecule has 0 aromatic heterocycles. The minimum atomic E-state index is -0.554. The molecule has 5 nitrogen and oxygen atoms in total. The number of esters is 1. The number of urea groups is 1. The van der Waals surface area contributed by atoms with Gasteiger partial charge in [0, 0.05) is 8.59 Å². The first-order valence-corrected chi connectivity index (χ1v) is 7.67. The summed E-state index contributed by atoms with van der Waals surface area (Å²) in [6, 6.07) is 11.4. The lowest BCUT2D eigenvalue weighted by molar-refractivity contribution is 0.0602. The van der Waals surface area contributed by atoms with Gasteiger partial charge in [-0.25, -0.2) is 9.59 Å². The molecule has 0 aliphatic carbocycles. The number of carbonyl (C=O) groups is 2. The molecule has 0 bridgehead atoms. The zero-order chi connectivity index (χ0) is 16.1. The highest BCUT2D eigenvalue weighted by molar-refractivity contribution is 14.1. The van der Waals surface area contributed by atoms with E-state index in [0.717, 1.165) is 3.57 Å². The quantitative estimate of drug-likeness (QED) is 0.561. The number of para-hydroxylation sites is 1. The molecule has 0 saturated carbocycles. The largest absolute Gasteiger partial charge is 0.465 e. The zero-order valence-electron chi connectivity index (χ0n) is 11.5. The molecule has 2 N–H and O–H groups in total. The molecule has 0 aliphatic rings. The number of anilines is 2. The number of carbonyl (C=O) groups excluding carboxylic acids is 2. The van der Waals surface area contributed by atoms with Crippen LogP contribution < -0.4 is 10.6 Å². The van der Waals surface area contributed by atoms with Crippen molar-refractivity contribution in [3.05, 3.63) is 56.6 Å². The lowest BCUT2D eigenvalue weighted by Gasteiger charge is -2.12. The van der Waals surface area contributed by atoms with Gasteiger partial charge < -0.3 is 15.4 Å². The van der Waals surface area contributed by atoms with Gasteiger partial charge in [-0.05, 0) is 52.9 Å². The van der Waals surface area contributed by atoms with Gasteiger partial charge in [-0.3, -0.25) is 0 Å². The van der Waals surface area contributed by atoms with Crippen molar-refractivity contribution in [2.75, 3.05) is 17.7 Å². The van der Waals surface area contributed by atoms with E-state index >= 15 is 0 Å². The SMILES string of the molecule is COC(=O)c1ccc(Cl)cc1NC(=O)Nc1ccccc1I. The maximum Gasteiger partial charge on any atom is 0.339 e. The molecular weight excluding hydrogens is 419 g/mol. The Morgan fingerprint density at radius 2 is 1.77 bits per heavy atom. The van der Waals surface area contributed by atoms with Crippen LogP contribution in [0.25, 0.3) is 0 Å². The van der Waals surface area contributed by atoms with Crippen LogP contribution in [0.2, 0.25) is 5.02 Å². The fourth-order valence-electron chi connectivity index (χ4n) is 1.75. The number of methoxy groups -OCH3 is 1. The summed E-state index contributed by atoms with van der Waals surface area (Å²) in [4.78, 5) is 23.8. The summed E-state index contributed by atoms with van der Waals surface area (Å²) in [5.41, 5.74) is 1.18. The van der Waals surface area contributed by atoms with Gasteiger partial charge in [0.1, 0.15) is 0 Å². The highest BCUT2D eigenvalue weighted by Crippen LogP contribution is 2.23. The minimum Gasteiger partial charge on any atom is -0.465 e. The van der Waals surface area contributed by atoms with E-state index in [-0.39, 0.29) is 11.3 Å². The van der Waals surface area contributed by atoms with Crippen molar-refractivity contribution in [3.63, 3.8) is 0 Å². The van der Waals surface area contributed by atoms with Crippen molar-refractivity contribution in [1.29, 1.82) is 0 Å². The van der Waals surface area contributed by atoms with Crippen LogP contribution in [0.4, 0.5) is 16.2 Å². The van der Waals surface area contributed by atoms with Crippen LogP contribution in [0, 0.1) is 3.57 Å². The topological polar surface area (TPSA) is 67.4 Å². The summed E-state index contributed by atoms with van der Waals surface area (Å²) >= 11 is 8.02. The summed E-state index contributed by atoms with van der Waals surface area (Å²) in [5, 5.41) is 5.71. The van der Waals surface area contributed by atoms with Crippen LogP contribution in [0.5, 0.6) is 0 Å². The first kappa shape index (κ1) is 16.6. The molecule has 0 radical (unpaired) electrons. The molecule has 0 heterocycles. The molecule has 114 valence electrons. The third-order valence-corrected chi connectivity index (χ3v) is 3.93. The Bertz CT molecular complexity index is 722. The predicted molar refractivity (Wildman–Crippen MR) is 94.6 cm³/mol. The van der Waals surface area contributed by atoms with Gasteiger partial charge in [-0.1, -0.05) is 23.7 Å². The number of ether oxygens (including phenoxy) is 1. The Kier molecular flexibility index (Phi) is 5.62. The average molecular weight is 431 g/mol. The summed E-state index contributed by atoms with van der Waals surface area (Å²) in [6.07, 6.45) is 0. The number of nitrogens with one attached hydrogen (secondary N) is 2. The molecule has 0 aliphatic heterocycles. The number of amides is 2. The van der Waals surface area contributed by atoms with Crippen LogP contribution in [0.1, 0.15) is 10.4 Å². The Labute approximate surface area is 146 Å². The standard InChI is InChI=1S/C15H12ClIN2O3/c1-22-14(20)10-7-6-9(16)8-13(10)19-15(21)18-12-5-3-2-4-11(12)17/h2-8H,1H3,(H2,18,19,21). The second-order valence-corrected chi connectivity index (χ2v) is 5.84. The van der Waals surface area contributed by atoms with Crippen LogP contribution >= 0.6 is 34.2 Å². The first-order valence-electron chi connectivity index (χ1n) is 6.21. The number of hydrogen-bond acceptors (Lipinski definition) is 3. The van der Waals surface area contributed by atoms with E-state index in [0.29, 0.717) is 10.7 Å². The zero-order valence-corrected chi connectivity index (χ0v) is 14.4. The van der Waals surface area contributed by atoms with Gasteiger partial charge in [0.25, 0.3) is 0 Å². The molecule has 22 heavy (non-hydrogen) atoms. The van der Waals surface area contributed by atoms with Crippen molar-refractivity contribution < 1.29 is 14.3 Å². The van der Waals surface area contributed by atoms with Crippen molar-refractivity contribution >= 4 is 57.6 Å². The second-order valence-electron chi connectivity index (χ2n) is 4.24. The second kappa shape index (κ2) is 7.46. The third-order valence-electron chi connectivity index (χ3n) is 2.76. The maximum atomic E-state index is 12.1. The smallest absolute Gasteiger partial charge is 0.339 e. The summed E-state index contributed by atoms with van der Waals surface area (Å²) < 4.78 is 5.58. The van der Waals surface area contributed by atoms with E-state index in [1.807, 2.05) is 18.2 Å². The van der Waals surface area contributed by atoms with E-state index in [1.54, 1.807) is 12.1 Å². The van der Waals surface area contributed by atoms with E-state index in [2.05, 4.69) is 38.0 Å². The van der Waals surface area contributed by atoms with Gasteiger partial charge in [0.15, 0.2) is 0 Å². The fourth-order valence-corrected chi connectivity index (χ4v) is 2.44. The predicted octanol–water partition coefficient (Wildman–Crippen LogP) is 4.38. The Morgan fingerprint density at radius 1 is 1.09 bits per heavy atom. The van der Waals surface area contributed by atoms with Crippen LogP contribution in [0.3, 0.4) is 0 Å². The first-order chi connectivity index (χ1) is 10.5. The van der Waals surface area contributed by atoms with Crippen molar-refractivity contribution in [2.45, 2.75) is 0 Å². The van der Waals surface area contributed by atoms with Crippen LogP contribution in [-0.2, 0) is 4.74 Å². The molecule has 2 rings (SSSR count). The molecule has 0 saturated heterocycles. The van der Waals surface area contributed by atoms with E-state index < -0.39 is 12.0 Å². The molecule has 7 heteroatoms. The lowest BCUT2D eigenvalue weighted by atomic mass is 10.2. The summed E-state index contributed by atoms with van der Waals surface area (Å²) in [5.74, 6) is -0.554. The number of rotatable bonds is 3. The number of hydrogen-bond donors (Lipinski definition) is 2. The normalized spacial score (nSPS) is 9.95. The van der Waals surface area contributed by atoms with Gasteiger partial charge in [0.2, 0.25) is 0 Å². The Balaban J connectivity index is 2.19. The fraction of sp³-hybridized carbons (Fsp3) is 0.0667. The summed E-state index contributed by atoms with van der Waals surface area (Å²) in [6.45, 7) is 0. The van der Waals surface area contributed by atoms with Crippen molar-refractivity contribution in [2.24, 2.45) is 0 Å². The molecule has 0 atom stereocenters. The van der Waals surface area contributed by atoms with E-state index in [9.17, 15) is 9.59 Å². The van der Waals surface area contributed by atoms with E-state index in [4.69, 9.17) is 11.6 Å². The Hall–Kier alpha value is -1.80. The van der Waals surface area contributed by atoms with E-state index in [1.165, 1.54) is 19.2 Å². The van der Waals surface area contributed by atoms with Crippen molar-refractivity contribution in [1.82, 2.24) is 0 Å². The highest BCUT2D eigenvalue weighted by atomic mass is 127. The maximum absolute atomic E-state index is 12.1. The molecule has 2 aromatic rings. The minimum absolute atomic E-state index is 0.227. The molecule has 0 unspecified atom stereocenters. The molecule has 0 fully saturated rings. The third kappa shape index (κ3) is 4.11. The molecule has 2 amide bonds. The lowest BCUT2D eigenvalue weighted by Crippen LogP contribution is -2.21. The van der Waals surface area contributed by atoms with Crippen molar-refractivity contribution in [3.8, 4) is 0 Å².